The third-order valence-corrected chi connectivity index (χ3v) is 2.92. The van der Waals surface area contributed by atoms with E-state index in [0.717, 1.165) is 25.9 Å². The summed E-state index contributed by atoms with van der Waals surface area (Å²) in [5.41, 5.74) is 5.79. The van der Waals surface area contributed by atoms with Crippen molar-refractivity contribution in [2.75, 3.05) is 13.1 Å². The zero-order valence-electron chi connectivity index (χ0n) is 9.25. The number of carbonyl (C=O) groups is 1. The second kappa shape index (κ2) is 5.07. The smallest absolute Gasteiger partial charge is 0.224 e. The van der Waals surface area contributed by atoms with Crippen LogP contribution in [-0.2, 0) is 11.3 Å². The standard InChI is InChI=1S/C10H17N5O/c11-9-1-5-14(6-2-9)10(16)3-7-15-8-4-12-13-15/h4,8-9H,1-3,5-7,11H2. The minimum absolute atomic E-state index is 0.183. The molecule has 0 unspecified atom stereocenters. The molecule has 1 fully saturated rings. The molecule has 0 aliphatic carbocycles. The van der Waals surface area contributed by atoms with E-state index in [0.29, 0.717) is 13.0 Å². The van der Waals surface area contributed by atoms with Crippen LogP contribution in [0.2, 0.25) is 0 Å². The summed E-state index contributed by atoms with van der Waals surface area (Å²) < 4.78 is 1.67. The quantitative estimate of drug-likeness (QED) is 0.757. The Morgan fingerprint density at radius 2 is 2.19 bits per heavy atom. The molecule has 1 aromatic heterocycles. The highest BCUT2D eigenvalue weighted by Crippen LogP contribution is 2.09. The highest BCUT2D eigenvalue weighted by Gasteiger charge is 2.19. The monoisotopic (exact) mass is 223 g/mol. The summed E-state index contributed by atoms with van der Waals surface area (Å²) in [6, 6.07) is 0.263. The van der Waals surface area contributed by atoms with Crippen LogP contribution in [0.1, 0.15) is 19.3 Å². The lowest BCUT2D eigenvalue weighted by Crippen LogP contribution is -2.43. The maximum absolute atomic E-state index is 11.8. The minimum Gasteiger partial charge on any atom is -0.343 e. The largest absolute Gasteiger partial charge is 0.343 e. The van der Waals surface area contributed by atoms with E-state index in [1.807, 2.05) is 4.90 Å². The molecule has 0 saturated carbocycles. The van der Waals surface area contributed by atoms with Gasteiger partial charge in [0.05, 0.1) is 12.7 Å². The van der Waals surface area contributed by atoms with Gasteiger partial charge in [-0.05, 0) is 12.8 Å². The first-order valence-electron chi connectivity index (χ1n) is 5.63. The van der Waals surface area contributed by atoms with Gasteiger partial charge in [0.25, 0.3) is 0 Å². The zero-order valence-corrected chi connectivity index (χ0v) is 9.25. The predicted molar refractivity (Wildman–Crippen MR) is 58.4 cm³/mol. The summed E-state index contributed by atoms with van der Waals surface area (Å²) in [6.45, 7) is 2.18. The van der Waals surface area contributed by atoms with Gasteiger partial charge in [0.15, 0.2) is 0 Å². The van der Waals surface area contributed by atoms with Gasteiger partial charge in [0.2, 0.25) is 5.91 Å². The highest BCUT2D eigenvalue weighted by atomic mass is 16.2. The van der Waals surface area contributed by atoms with Gasteiger partial charge in [0, 0.05) is 31.7 Å². The second-order valence-electron chi connectivity index (χ2n) is 4.13. The minimum atomic E-state index is 0.183. The lowest BCUT2D eigenvalue weighted by Gasteiger charge is -2.30. The molecule has 1 saturated heterocycles. The number of piperidine rings is 1. The van der Waals surface area contributed by atoms with Gasteiger partial charge < -0.3 is 10.6 Å². The summed E-state index contributed by atoms with van der Waals surface area (Å²) in [7, 11) is 0. The molecule has 1 aliphatic rings. The molecule has 2 heterocycles. The molecule has 16 heavy (non-hydrogen) atoms. The number of hydrogen-bond acceptors (Lipinski definition) is 4. The molecular weight excluding hydrogens is 206 g/mol. The highest BCUT2D eigenvalue weighted by molar-refractivity contribution is 5.76. The van der Waals surface area contributed by atoms with Crippen LogP contribution in [0.15, 0.2) is 12.4 Å². The van der Waals surface area contributed by atoms with Gasteiger partial charge in [-0.25, -0.2) is 0 Å². The van der Waals surface area contributed by atoms with Gasteiger partial charge in [-0.3, -0.25) is 9.48 Å². The number of hydrogen-bond donors (Lipinski definition) is 1. The van der Waals surface area contributed by atoms with Crippen LogP contribution >= 0.6 is 0 Å². The molecule has 6 nitrogen and oxygen atoms in total. The number of aryl methyl sites for hydroxylation is 1. The number of likely N-dealkylation sites (tertiary alicyclic amines) is 1. The Hall–Kier alpha value is -1.43. The average molecular weight is 223 g/mol. The van der Waals surface area contributed by atoms with Crippen molar-refractivity contribution in [3.05, 3.63) is 12.4 Å². The van der Waals surface area contributed by atoms with E-state index in [9.17, 15) is 4.79 Å². The zero-order chi connectivity index (χ0) is 11.4. The number of rotatable bonds is 3. The van der Waals surface area contributed by atoms with E-state index in [2.05, 4.69) is 10.3 Å². The molecular formula is C10H17N5O. The molecule has 0 radical (unpaired) electrons. The van der Waals surface area contributed by atoms with Gasteiger partial charge >= 0.3 is 0 Å². The third kappa shape index (κ3) is 2.79. The van der Waals surface area contributed by atoms with Crippen molar-refractivity contribution in [1.29, 1.82) is 0 Å². The summed E-state index contributed by atoms with van der Waals surface area (Å²) >= 11 is 0. The summed E-state index contributed by atoms with van der Waals surface area (Å²) in [4.78, 5) is 13.7. The second-order valence-corrected chi connectivity index (χ2v) is 4.13. The molecule has 6 heteroatoms. The van der Waals surface area contributed by atoms with Gasteiger partial charge in [-0.15, -0.1) is 5.10 Å². The number of carbonyl (C=O) groups excluding carboxylic acids is 1. The van der Waals surface area contributed by atoms with Crippen LogP contribution < -0.4 is 5.73 Å². The lowest BCUT2D eigenvalue weighted by molar-refractivity contribution is -0.132. The van der Waals surface area contributed by atoms with Crippen molar-refractivity contribution in [2.45, 2.75) is 31.8 Å². The van der Waals surface area contributed by atoms with Crippen molar-refractivity contribution < 1.29 is 4.79 Å². The van der Waals surface area contributed by atoms with Crippen molar-refractivity contribution in [3.8, 4) is 0 Å². The van der Waals surface area contributed by atoms with E-state index in [-0.39, 0.29) is 11.9 Å². The summed E-state index contributed by atoms with van der Waals surface area (Å²) in [5.74, 6) is 0.183. The average Bonchev–Trinajstić information content (AvgIpc) is 2.80. The first kappa shape index (κ1) is 11.1. The first-order valence-corrected chi connectivity index (χ1v) is 5.63. The van der Waals surface area contributed by atoms with E-state index in [4.69, 9.17) is 5.73 Å². The number of amides is 1. The third-order valence-electron chi connectivity index (χ3n) is 2.92. The predicted octanol–water partition coefficient (Wildman–Crippen LogP) is -0.382. The van der Waals surface area contributed by atoms with E-state index >= 15 is 0 Å². The Kier molecular flexibility index (Phi) is 3.51. The van der Waals surface area contributed by atoms with Crippen molar-refractivity contribution in [1.82, 2.24) is 19.9 Å². The van der Waals surface area contributed by atoms with Crippen molar-refractivity contribution in [3.63, 3.8) is 0 Å². The number of nitrogens with zero attached hydrogens (tertiary/aromatic N) is 4. The van der Waals surface area contributed by atoms with Gasteiger partial charge in [-0.2, -0.15) is 0 Å². The van der Waals surface area contributed by atoms with Gasteiger partial charge in [-0.1, -0.05) is 5.21 Å². The molecule has 0 atom stereocenters. The molecule has 1 amide bonds. The Balaban J connectivity index is 1.75. The van der Waals surface area contributed by atoms with E-state index in [1.165, 1.54) is 0 Å². The van der Waals surface area contributed by atoms with Crippen LogP contribution in [-0.4, -0.2) is 44.9 Å². The van der Waals surface area contributed by atoms with E-state index < -0.39 is 0 Å². The van der Waals surface area contributed by atoms with E-state index in [1.54, 1.807) is 17.1 Å². The maximum Gasteiger partial charge on any atom is 0.224 e. The lowest BCUT2D eigenvalue weighted by atomic mass is 10.1. The first-order chi connectivity index (χ1) is 7.75. The molecule has 2 N–H and O–H groups in total. The number of nitrogens with two attached hydrogens (primary N) is 1. The normalized spacial score (nSPS) is 17.7. The molecule has 0 aromatic carbocycles. The van der Waals surface area contributed by atoms with Crippen molar-refractivity contribution >= 4 is 5.91 Å². The van der Waals surface area contributed by atoms with Crippen molar-refractivity contribution in [2.24, 2.45) is 5.73 Å². The summed E-state index contributed by atoms with van der Waals surface area (Å²) in [6.07, 6.45) is 5.69. The van der Waals surface area contributed by atoms with Crippen LogP contribution in [0, 0.1) is 0 Å². The molecule has 1 aromatic rings. The van der Waals surface area contributed by atoms with Crippen LogP contribution in [0.3, 0.4) is 0 Å². The SMILES string of the molecule is NC1CCN(C(=O)CCn2ccnn2)CC1. The topological polar surface area (TPSA) is 77.0 Å². The molecule has 88 valence electrons. The summed E-state index contributed by atoms with van der Waals surface area (Å²) in [5, 5.41) is 7.52. The fourth-order valence-electron chi connectivity index (χ4n) is 1.87. The number of aromatic nitrogens is 3. The fourth-order valence-corrected chi connectivity index (χ4v) is 1.87. The maximum atomic E-state index is 11.8. The Morgan fingerprint density at radius 3 is 2.81 bits per heavy atom. The fraction of sp³-hybridized carbons (Fsp3) is 0.700. The molecule has 0 bridgehead atoms. The van der Waals surface area contributed by atoms with Crippen LogP contribution in [0.4, 0.5) is 0 Å². The Labute approximate surface area is 94.4 Å². The Bertz CT molecular complexity index is 329. The molecule has 2 rings (SSSR count). The Morgan fingerprint density at radius 1 is 1.44 bits per heavy atom. The van der Waals surface area contributed by atoms with Gasteiger partial charge in [0.1, 0.15) is 0 Å². The molecule has 1 aliphatic heterocycles. The van der Waals surface area contributed by atoms with Crippen LogP contribution in [0.25, 0.3) is 0 Å². The molecule has 0 spiro atoms. The van der Waals surface area contributed by atoms with Crippen LogP contribution in [0.5, 0.6) is 0 Å².